The quantitative estimate of drug-likeness (QED) is 0.0510. The maximum absolute atomic E-state index is 14.8. The number of aliphatic hydroxyl groups is 1. The Hall–Kier alpha value is -1.66. The van der Waals surface area contributed by atoms with Gasteiger partial charge < -0.3 is 20.0 Å². The monoisotopic (exact) mass is 543 g/mol. The molecule has 0 spiro atoms. The van der Waals surface area contributed by atoms with E-state index in [0.29, 0.717) is 17.4 Å². The number of benzene rings is 1. The predicted molar refractivity (Wildman–Crippen MR) is 154 cm³/mol. The molecule has 0 aliphatic carbocycles. The first-order valence-corrected chi connectivity index (χ1v) is 13.5. The van der Waals surface area contributed by atoms with Gasteiger partial charge in [0.25, 0.3) is 0 Å². The van der Waals surface area contributed by atoms with Gasteiger partial charge in [0, 0.05) is 24.5 Å². The second-order valence-electron chi connectivity index (χ2n) is 8.25. The number of ether oxygens (including phenoxy) is 1. The lowest BCUT2D eigenvalue weighted by Crippen LogP contribution is -2.19. The van der Waals surface area contributed by atoms with Crippen molar-refractivity contribution < 1.29 is 19.0 Å². The number of amidine groups is 1. The molecule has 3 unspecified atom stereocenters. The lowest BCUT2D eigenvalue weighted by Gasteiger charge is -2.23. The number of nitrogens with one attached hydrogen (secondary N) is 1. The molecule has 0 fully saturated rings. The average molecular weight is 544 g/mol. The first kappa shape index (κ1) is 34.3. The van der Waals surface area contributed by atoms with Crippen LogP contribution in [0.15, 0.2) is 39.5 Å². The van der Waals surface area contributed by atoms with Crippen molar-refractivity contribution in [2.75, 3.05) is 25.8 Å². The first-order chi connectivity index (χ1) is 17.2. The largest absolute Gasteiger partial charge is 0.392 e. The number of hydrogen-bond donors (Lipinski definition) is 2. The van der Waals surface area contributed by atoms with Crippen molar-refractivity contribution in [2.45, 2.75) is 78.2 Å². The van der Waals surface area contributed by atoms with E-state index in [9.17, 15) is 9.50 Å². The van der Waals surface area contributed by atoms with Gasteiger partial charge in [-0.05, 0) is 76.3 Å². The number of unbranched alkanes of at least 4 members (excludes halogenated alkanes) is 1. The zero-order valence-corrected chi connectivity index (χ0v) is 24.4. The van der Waals surface area contributed by atoms with E-state index in [2.05, 4.69) is 40.1 Å². The molecule has 36 heavy (non-hydrogen) atoms. The minimum atomic E-state index is -1.89. The lowest BCUT2D eigenvalue weighted by atomic mass is 9.95. The summed E-state index contributed by atoms with van der Waals surface area (Å²) in [6.07, 6.45) is 5.23. The molecule has 0 aliphatic heterocycles. The van der Waals surface area contributed by atoms with Crippen molar-refractivity contribution >= 4 is 39.7 Å². The Labute approximate surface area is 224 Å². The summed E-state index contributed by atoms with van der Waals surface area (Å²) >= 11 is 6.01. The molecule has 9 heteroatoms. The molecule has 0 aromatic heterocycles. The van der Waals surface area contributed by atoms with Crippen LogP contribution in [0, 0.1) is 6.92 Å². The highest BCUT2D eigenvalue weighted by atomic mass is 35.5. The van der Waals surface area contributed by atoms with Crippen molar-refractivity contribution in [2.24, 2.45) is 9.98 Å². The summed E-state index contributed by atoms with van der Waals surface area (Å²) < 4.78 is 20.4. The summed E-state index contributed by atoms with van der Waals surface area (Å²) in [4.78, 5) is 17.9. The predicted octanol–water partition coefficient (Wildman–Crippen LogP) is 6.40. The molecular formula is C27H44ClFN3O3P. The van der Waals surface area contributed by atoms with E-state index >= 15 is 0 Å². The van der Waals surface area contributed by atoms with Gasteiger partial charge in [0.1, 0.15) is 6.29 Å². The number of aldehydes is 1. The number of hydrogen-bond acceptors (Lipinski definition) is 5. The Kier molecular flexibility index (Phi) is 18.6. The van der Waals surface area contributed by atoms with Crippen LogP contribution in [0.5, 0.6) is 0 Å². The van der Waals surface area contributed by atoms with Crippen molar-refractivity contribution in [1.29, 1.82) is 0 Å². The highest BCUT2D eigenvalue weighted by molar-refractivity contribution is 7.18. The third kappa shape index (κ3) is 11.6. The van der Waals surface area contributed by atoms with Gasteiger partial charge in [-0.25, -0.2) is 9.38 Å². The summed E-state index contributed by atoms with van der Waals surface area (Å²) in [5.41, 5.74) is 4.06. The van der Waals surface area contributed by atoms with E-state index in [4.69, 9.17) is 26.1 Å². The van der Waals surface area contributed by atoms with Crippen molar-refractivity contribution in [3.05, 3.63) is 46.2 Å². The zero-order valence-electron chi connectivity index (χ0n) is 22.4. The summed E-state index contributed by atoms with van der Waals surface area (Å²) in [6.45, 7) is 14.1. The highest BCUT2D eigenvalue weighted by Crippen LogP contribution is 2.37. The molecule has 0 amide bonds. The second kappa shape index (κ2) is 19.5. The summed E-state index contributed by atoms with van der Waals surface area (Å²) in [6, 6.07) is 5.42. The van der Waals surface area contributed by atoms with E-state index in [1.807, 2.05) is 19.9 Å². The van der Waals surface area contributed by atoms with E-state index < -0.39 is 12.0 Å². The molecule has 0 bridgehead atoms. The Morgan fingerprint density at radius 1 is 1.36 bits per heavy atom. The maximum Gasteiger partial charge on any atom is 0.171 e. The topological polar surface area (TPSA) is 83.3 Å². The van der Waals surface area contributed by atoms with E-state index in [0.717, 1.165) is 74.0 Å². The molecule has 2 N–H and O–H groups in total. The van der Waals surface area contributed by atoms with Crippen molar-refractivity contribution in [3.8, 4) is 0 Å². The van der Waals surface area contributed by atoms with Crippen LogP contribution in [-0.4, -0.2) is 49.8 Å². The number of allylic oxidation sites excluding steroid dienone is 1. The van der Waals surface area contributed by atoms with Crippen LogP contribution in [0.4, 0.5) is 4.39 Å². The SMILES string of the molecule is C=NC(=NC(C)c1cccc(C(F)(P)CO)c1C)/C(CC)=C(/CCCCOCCC)NCCl.CC=O. The highest BCUT2D eigenvalue weighted by Gasteiger charge is 2.28. The van der Waals surface area contributed by atoms with Crippen LogP contribution < -0.4 is 5.32 Å². The molecule has 204 valence electrons. The van der Waals surface area contributed by atoms with E-state index in [1.165, 1.54) is 6.92 Å². The Morgan fingerprint density at radius 3 is 2.56 bits per heavy atom. The molecule has 6 nitrogen and oxygen atoms in total. The molecule has 0 saturated carbocycles. The fraction of sp³-hybridized carbons (Fsp3) is 0.593. The lowest BCUT2D eigenvalue weighted by molar-refractivity contribution is -0.106. The number of aliphatic hydroxyl groups excluding tert-OH is 1. The molecule has 1 aromatic rings. The molecule has 1 aromatic carbocycles. The fourth-order valence-electron chi connectivity index (χ4n) is 3.79. The Bertz CT molecular complexity index is 863. The first-order valence-electron chi connectivity index (χ1n) is 12.4. The number of carbonyl (C=O) groups is 1. The molecule has 0 heterocycles. The van der Waals surface area contributed by atoms with Gasteiger partial charge in [0.2, 0.25) is 0 Å². The minimum Gasteiger partial charge on any atom is -0.392 e. The van der Waals surface area contributed by atoms with Crippen LogP contribution in [-0.2, 0) is 14.9 Å². The van der Waals surface area contributed by atoms with Gasteiger partial charge in [-0.1, -0.05) is 41.3 Å². The smallest absolute Gasteiger partial charge is 0.171 e. The third-order valence-electron chi connectivity index (χ3n) is 5.55. The van der Waals surface area contributed by atoms with Crippen LogP contribution in [0.1, 0.15) is 82.5 Å². The summed E-state index contributed by atoms with van der Waals surface area (Å²) in [5, 5.41) is 10.8. The van der Waals surface area contributed by atoms with Gasteiger partial charge in [-0.15, -0.1) is 11.6 Å². The summed E-state index contributed by atoms with van der Waals surface area (Å²) in [7, 11) is 2.10. The van der Waals surface area contributed by atoms with Gasteiger partial charge in [-0.2, -0.15) is 0 Å². The number of nitrogens with zero attached hydrogens (tertiary/aromatic N) is 2. The van der Waals surface area contributed by atoms with Crippen LogP contribution in [0.2, 0.25) is 0 Å². The van der Waals surface area contributed by atoms with Crippen LogP contribution >= 0.6 is 20.8 Å². The molecule has 0 aliphatic rings. The number of aliphatic imine (C=N–C) groups is 2. The zero-order chi connectivity index (χ0) is 27.6. The summed E-state index contributed by atoms with van der Waals surface area (Å²) in [5.74, 6) is 0.559. The molecule has 0 saturated heterocycles. The van der Waals surface area contributed by atoms with Crippen LogP contribution in [0.3, 0.4) is 0 Å². The molecular weight excluding hydrogens is 500 g/mol. The number of halogens is 2. The normalized spacial score (nSPS) is 14.6. The molecule has 0 radical (unpaired) electrons. The fourth-order valence-corrected chi connectivity index (χ4v) is 4.27. The Morgan fingerprint density at radius 2 is 2.03 bits per heavy atom. The van der Waals surface area contributed by atoms with Gasteiger partial charge >= 0.3 is 0 Å². The average Bonchev–Trinajstić information content (AvgIpc) is 2.86. The molecule has 3 atom stereocenters. The van der Waals surface area contributed by atoms with Gasteiger partial charge in [-0.3, -0.25) is 4.99 Å². The number of rotatable bonds is 15. The third-order valence-corrected chi connectivity index (χ3v) is 6.18. The van der Waals surface area contributed by atoms with Crippen molar-refractivity contribution in [3.63, 3.8) is 0 Å². The minimum absolute atomic E-state index is 0.272. The second-order valence-corrected chi connectivity index (χ2v) is 9.44. The van der Waals surface area contributed by atoms with E-state index in [1.54, 1.807) is 12.1 Å². The number of alkyl halides is 2. The van der Waals surface area contributed by atoms with Gasteiger partial charge in [0.05, 0.1) is 18.7 Å². The van der Waals surface area contributed by atoms with Crippen molar-refractivity contribution in [1.82, 2.24) is 5.32 Å². The standard InChI is InChI=1S/C25H40ClFN3O2P.C2H4O/c1-6-14-32-15-9-8-13-23(29-17-26)20(7-2)24(28-5)30-19(4)21-11-10-12-22(18(21)3)25(27,33)16-31;1-2-3/h10-12,19,29,31H,5-9,13-17,33H2,1-4H3;2H,1H3/b23-20-,30-24?;. The molecule has 1 rings (SSSR count). The van der Waals surface area contributed by atoms with Gasteiger partial charge in [0.15, 0.2) is 11.2 Å². The number of carbonyl (C=O) groups excluding carboxylic acids is 1. The maximum atomic E-state index is 14.8. The Balaban J connectivity index is 0.00000387. The van der Waals surface area contributed by atoms with E-state index in [-0.39, 0.29) is 6.04 Å². The van der Waals surface area contributed by atoms with Crippen LogP contribution in [0.25, 0.3) is 0 Å².